The molecular formula is C40H47N7O6. The highest BCUT2D eigenvalue weighted by atomic mass is 16.5. The molecule has 3 heterocycles. The zero-order valence-corrected chi connectivity index (χ0v) is 30.0. The molecule has 53 heavy (non-hydrogen) atoms. The number of carbonyl (C=O) groups is 5. The maximum Gasteiger partial charge on any atom is 0.315 e. The molecule has 3 fully saturated rings. The number of para-hydroxylation sites is 3. The van der Waals surface area contributed by atoms with Gasteiger partial charge >= 0.3 is 6.03 Å². The van der Waals surface area contributed by atoms with E-state index in [9.17, 15) is 24.0 Å². The van der Waals surface area contributed by atoms with Gasteiger partial charge in [-0.25, -0.2) is 14.8 Å². The first-order chi connectivity index (χ1) is 25.7. The smallest absolute Gasteiger partial charge is 0.315 e. The van der Waals surface area contributed by atoms with Gasteiger partial charge in [-0.1, -0.05) is 68.2 Å². The van der Waals surface area contributed by atoms with Gasteiger partial charge in [0, 0.05) is 24.1 Å². The summed E-state index contributed by atoms with van der Waals surface area (Å²) in [6.07, 6.45) is 11.4. The van der Waals surface area contributed by atoms with Crippen molar-refractivity contribution in [1.82, 2.24) is 30.8 Å². The first-order valence-electron chi connectivity index (χ1n) is 18.9. The zero-order chi connectivity index (χ0) is 37.0. The SMILES string of the molecule is CC(=O)[C@@]12C[C@@H]1/C=C\CCCCC[C@H](NC(=O)NC1CCCC1)C(=O)N1CC(Oc3nc4ccccc4nc3C(=O)Nc3ccccc3)C[C@H]1C(=O)N2. The third-order valence-corrected chi connectivity index (χ3v) is 10.9. The van der Waals surface area contributed by atoms with E-state index >= 15 is 0 Å². The molecule has 0 radical (unpaired) electrons. The molecule has 13 heteroatoms. The van der Waals surface area contributed by atoms with Crippen LogP contribution in [0.3, 0.4) is 0 Å². The second-order valence-electron chi connectivity index (χ2n) is 14.7. The van der Waals surface area contributed by atoms with Crippen LogP contribution in [0.15, 0.2) is 66.7 Å². The van der Waals surface area contributed by atoms with Crippen molar-refractivity contribution >= 4 is 46.3 Å². The van der Waals surface area contributed by atoms with Crippen LogP contribution in [0.4, 0.5) is 10.5 Å². The summed E-state index contributed by atoms with van der Waals surface area (Å²) in [4.78, 5) is 79.2. The molecule has 3 aromatic rings. The number of hydrogen-bond acceptors (Lipinski definition) is 8. The summed E-state index contributed by atoms with van der Waals surface area (Å²) in [5.74, 6) is -1.69. The third-order valence-electron chi connectivity index (χ3n) is 10.9. The lowest BCUT2D eigenvalue weighted by Gasteiger charge is -2.30. The first kappa shape index (κ1) is 36.0. The van der Waals surface area contributed by atoms with E-state index in [4.69, 9.17) is 4.74 Å². The Hall–Kier alpha value is -5.33. The zero-order valence-electron chi connectivity index (χ0n) is 30.0. The molecule has 0 spiro atoms. The lowest BCUT2D eigenvalue weighted by Crippen LogP contribution is -2.57. The molecule has 0 bridgehead atoms. The number of hydrogen-bond donors (Lipinski definition) is 4. The molecule has 1 saturated heterocycles. The normalized spacial score (nSPS) is 27.0. The fourth-order valence-electron chi connectivity index (χ4n) is 7.88. The molecule has 4 aliphatic rings. The van der Waals surface area contributed by atoms with Gasteiger partial charge in [-0.15, -0.1) is 0 Å². The van der Waals surface area contributed by atoms with Crippen LogP contribution in [0, 0.1) is 5.92 Å². The van der Waals surface area contributed by atoms with Crippen molar-refractivity contribution in [2.45, 2.75) is 107 Å². The Labute approximate surface area is 308 Å². The largest absolute Gasteiger partial charge is 0.471 e. The highest BCUT2D eigenvalue weighted by Gasteiger charge is 2.59. The average molecular weight is 722 g/mol. The Morgan fingerprint density at radius 1 is 0.887 bits per heavy atom. The fourth-order valence-corrected chi connectivity index (χ4v) is 7.88. The summed E-state index contributed by atoms with van der Waals surface area (Å²) in [7, 11) is 0. The number of allylic oxidation sites excluding steroid dienone is 1. The van der Waals surface area contributed by atoms with Gasteiger partial charge in [0.05, 0.1) is 17.6 Å². The average Bonchev–Trinajstić information content (AvgIpc) is 3.41. The Morgan fingerprint density at radius 3 is 2.36 bits per heavy atom. The molecule has 1 aromatic heterocycles. The Balaban J connectivity index is 1.18. The summed E-state index contributed by atoms with van der Waals surface area (Å²) in [6.45, 7) is 1.47. The van der Waals surface area contributed by atoms with Gasteiger partial charge in [0.1, 0.15) is 23.7 Å². The minimum Gasteiger partial charge on any atom is -0.471 e. The summed E-state index contributed by atoms with van der Waals surface area (Å²) >= 11 is 0. The molecule has 1 unspecified atom stereocenters. The van der Waals surface area contributed by atoms with E-state index in [0.717, 1.165) is 44.9 Å². The molecule has 278 valence electrons. The molecule has 13 nitrogen and oxygen atoms in total. The number of urea groups is 1. The molecule has 2 aromatic carbocycles. The van der Waals surface area contributed by atoms with E-state index in [0.29, 0.717) is 36.0 Å². The van der Waals surface area contributed by atoms with Crippen molar-refractivity contribution in [1.29, 1.82) is 0 Å². The van der Waals surface area contributed by atoms with E-state index in [1.54, 1.807) is 48.5 Å². The minimum atomic E-state index is -1.03. The summed E-state index contributed by atoms with van der Waals surface area (Å²) < 4.78 is 6.44. The maximum atomic E-state index is 14.5. The van der Waals surface area contributed by atoms with Gasteiger partial charge in [-0.05, 0) is 69.7 Å². The number of aromatic nitrogens is 2. The van der Waals surface area contributed by atoms with Gasteiger partial charge in [0.2, 0.25) is 17.7 Å². The molecular weight excluding hydrogens is 674 g/mol. The molecule has 7 rings (SSSR count). The topological polar surface area (TPSA) is 172 Å². The van der Waals surface area contributed by atoms with Crippen LogP contribution < -0.4 is 26.0 Å². The summed E-state index contributed by atoms with van der Waals surface area (Å²) in [5.41, 5.74) is 0.495. The molecule has 5 amide bonds. The third kappa shape index (κ3) is 8.18. The highest BCUT2D eigenvalue weighted by molar-refractivity contribution is 6.05. The number of nitrogens with zero attached hydrogens (tertiary/aromatic N) is 3. The Bertz CT molecular complexity index is 1900. The van der Waals surface area contributed by atoms with E-state index in [-0.39, 0.29) is 42.3 Å². The molecule has 2 aliphatic carbocycles. The van der Waals surface area contributed by atoms with Crippen LogP contribution in [0.2, 0.25) is 0 Å². The van der Waals surface area contributed by atoms with E-state index < -0.39 is 47.5 Å². The number of ether oxygens (including phenoxy) is 1. The molecule has 4 N–H and O–H groups in total. The summed E-state index contributed by atoms with van der Waals surface area (Å²) in [5, 5.41) is 11.8. The van der Waals surface area contributed by atoms with Crippen LogP contribution >= 0.6 is 0 Å². The second-order valence-corrected chi connectivity index (χ2v) is 14.7. The van der Waals surface area contributed by atoms with Crippen molar-refractivity contribution in [3.05, 3.63) is 72.4 Å². The quantitative estimate of drug-likeness (QED) is 0.252. The van der Waals surface area contributed by atoms with Crippen LogP contribution in [0.1, 0.15) is 88.0 Å². The number of ketones is 1. The monoisotopic (exact) mass is 721 g/mol. The number of anilines is 1. The molecule has 2 saturated carbocycles. The predicted octanol–water partition coefficient (Wildman–Crippen LogP) is 4.83. The van der Waals surface area contributed by atoms with Gasteiger partial charge in [-0.3, -0.25) is 19.2 Å². The minimum absolute atomic E-state index is 0.00992. The van der Waals surface area contributed by atoms with E-state index in [2.05, 4.69) is 37.3 Å². The number of fused-ring (bicyclic) bond motifs is 3. The Kier molecular flexibility index (Phi) is 10.7. The highest BCUT2D eigenvalue weighted by Crippen LogP contribution is 2.46. The van der Waals surface area contributed by atoms with Crippen LogP contribution in [0.5, 0.6) is 5.88 Å². The Morgan fingerprint density at radius 2 is 1.60 bits per heavy atom. The number of rotatable bonds is 7. The fraction of sp³-hybridized carbons (Fsp3) is 0.475. The number of nitrogens with one attached hydrogen (secondary N) is 4. The van der Waals surface area contributed by atoms with Crippen LogP contribution in [-0.4, -0.2) is 80.7 Å². The number of carbonyl (C=O) groups excluding carboxylic acids is 5. The van der Waals surface area contributed by atoms with Gasteiger partial charge in [0.15, 0.2) is 11.5 Å². The molecule has 2 aliphatic heterocycles. The van der Waals surface area contributed by atoms with Crippen LogP contribution in [0.25, 0.3) is 11.0 Å². The van der Waals surface area contributed by atoms with E-state index in [1.807, 2.05) is 12.1 Å². The van der Waals surface area contributed by atoms with Crippen molar-refractivity contribution in [2.24, 2.45) is 5.92 Å². The standard InChI is InChI=1S/C40H47N7O6/c1-25(48)40-23-26(40)14-6-3-2-4-9-21-32(45-39(52)42-28-17-10-11-18-28)38(51)47-24-29(22-33(47)35(49)46-40)53-37-34(36(50)41-27-15-7-5-8-16-27)43-30-19-12-13-20-31(30)44-37/h5-8,12-16,19-20,26,28-29,32-33H,2-4,9-11,17-18,21-24H2,1H3,(H,41,50)(H,46,49)(H2,42,45,52)/b14-6-/t26-,29?,32-,33-,40-/m0/s1. The molecule has 5 atom stereocenters. The lowest BCUT2D eigenvalue weighted by molar-refractivity contribution is -0.141. The summed E-state index contributed by atoms with van der Waals surface area (Å²) in [6, 6.07) is 13.9. The van der Waals surface area contributed by atoms with Crippen molar-refractivity contribution in [3.8, 4) is 5.88 Å². The van der Waals surface area contributed by atoms with Crippen molar-refractivity contribution in [2.75, 3.05) is 11.9 Å². The predicted molar refractivity (Wildman–Crippen MR) is 198 cm³/mol. The lowest BCUT2D eigenvalue weighted by atomic mass is 10.0. The first-order valence-corrected chi connectivity index (χ1v) is 18.9. The second kappa shape index (κ2) is 15.7. The number of Topliss-reactive ketones (excluding diaryl/α,β-unsaturated/α-hetero) is 1. The number of amides is 5. The van der Waals surface area contributed by atoms with Gasteiger partial charge < -0.3 is 30.9 Å². The van der Waals surface area contributed by atoms with E-state index in [1.165, 1.54) is 11.8 Å². The van der Waals surface area contributed by atoms with Gasteiger partial charge in [-0.2, -0.15) is 0 Å². The van der Waals surface area contributed by atoms with Gasteiger partial charge in [0.25, 0.3) is 5.91 Å². The number of benzene rings is 2. The van der Waals surface area contributed by atoms with Crippen LogP contribution in [-0.2, 0) is 14.4 Å². The van der Waals surface area contributed by atoms with Crippen molar-refractivity contribution in [3.63, 3.8) is 0 Å². The van der Waals surface area contributed by atoms with Crippen molar-refractivity contribution < 1.29 is 28.7 Å². The maximum absolute atomic E-state index is 14.5.